The van der Waals surface area contributed by atoms with Crippen molar-refractivity contribution in [2.45, 2.75) is 6.92 Å². The summed E-state index contributed by atoms with van der Waals surface area (Å²) >= 11 is 5.94. The lowest BCUT2D eigenvalue weighted by Gasteiger charge is -2.07. The average Bonchev–Trinajstić information content (AvgIpc) is 2.18. The van der Waals surface area contributed by atoms with E-state index in [4.69, 9.17) is 22.1 Å². The zero-order chi connectivity index (χ0) is 11.3. The predicted octanol–water partition coefficient (Wildman–Crippen LogP) is 2.71. The van der Waals surface area contributed by atoms with Crippen LogP contribution < -0.4 is 15.8 Å². The number of guanidine groups is 1. The quantitative estimate of drug-likeness (QED) is 0.498. The third-order valence-electron chi connectivity index (χ3n) is 1.75. The van der Waals surface area contributed by atoms with E-state index in [1.807, 2.05) is 13.0 Å². The van der Waals surface area contributed by atoms with Gasteiger partial charge in [0.05, 0.1) is 12.1 Å². The van der Waals surface area contributed by atoms with Crippen molar-refractivity contribution in [1.82, 2.24) is 0 Å². The van der Waals surface area contributed by atoms with Crippen LogP contribution in [0.1, 0.15) is 6.92 Å². The Hall–Kier alpha value is -0.690. The number of halogens is 2. The fourth-order valence-corrected chi connectivity index (χ4v) is 1.36. The molecule has 3 N–H and O–H groups in total. The Kier molecular flexibility index (Phi) is 7.24. The Bertz CT molecular complexity index is 371. The van der Waals surface area contributed by atoms with Gasteiger partial charge < -0.3 is 15.8 Å². The largest absolute Gasteiger partial charge is 0.495 e. The minimum Gasteiger partial charge on any atom is -0.495 e. The van der Waals surface area contributed by atoms with Crippen molar-refractivity contribution < 1.29 is 4.74 Å². The summed E-state index contributed by atoms with van der Waals surface area (Å²) in [6, 6.07) is 5.32. The maximum Gasteiger partial charge on any atom is 0.193 e. The number of ether oxygens (including phenoxy) is 1. The lowest BCUT2D eigenvalue weighted by Crippen LogP contribution is -2.22. The molecule has 0 radical (unpaired) electrons. The van der Waals surface area contributed by atoms with Gasteiger partial charge in [0.25, 0.3) is 0 Å². The maximum absolute atomic E-state index is 5.94. The molecule has 0 aliphatic heterocycles. The molecule has 0 aliphatic rings. The third kappa shape index (κ3) is 4.44. The fraction of sp³-hybridized carbons (Fsp3) is 0.300. The molecule has 0 saturated heterocycles. The fourth-order valence-electron chi connectivity index (χ4n) is 1.10. The minimum absolute atomic E-state index is 0. The zero-order valence-corrected chi connectivity index (χ0v) is 12.2. The number of nitrogens with zero attached hydrogens (tertiary/aromatic N) is 1. The first-order chi connectivity index (χ1) is 7.17. The highest BCUT2D eigenvalue weighted by atomic mass is 127. The van der Waals surface area contributed by atoms with Gasteiger partial charge in [0.2, 0.25) is 0 Å². The second kappa shape index (κ2) is 7.56. The van der Waals surface area contributed by atoms with Crippen molar-refractivity contribution in [2.75, 3.05) is 19.0 Å². The Balaban J connectivity index is 0.00000225. The van der Waals surface area contributed by atoms with Crippen LogP contribution in [0.25, 0.3) is 0 Å². The van der Waals surface area contributed by atoms with Gasteiger partial charge in [0.15, 0.2) is 5.96 Å². The van der Waals surface area contributed by atoms with E-state index < -0.39 is 0 Å². The number of aliphatic imine (C=N–C) groups is 1. The summed E-state index contributed by atoms with van der Waals surface area (Å²) in [6.07, 6.45) is 0. The van der Waals surface area contributed by atoms with E-state index in [2.05, 4.69) is 10.3 Å². The molecule has 0 heterocycles. The number of nitrogens with two attached hydrogens (primary N) is 1. The molecule has 90 valence electrons. The van der Waals surface area contributed by atoms with Gasteiger partial charge in [-0.05, 0) is 25.1 Å². The van der Waals surface area contributed by atoms with E-state index in [0.29, 0.717) is 23.3 Å². The van der Waals surface area contributed by atoms with Crippen LogP contribution in [0.3, 0.4) is 0 Å². The molecule has 0 atom stereocenters. The monoisotopic (exact) mass is 355 g/mol. The Morgan fingerprint density at radius 3 is 2.75 bits per heavy atom. The van der Waals surface area contributed by atoms with Crippen LogP contribution in [-0.2, 0) is 0 Å². The van der Waals surface area contributed by atoms with Gasteiger partial charge in [-0.3, -0.25) is 4.99 Å². The first-order valence-corrected chi connectivity index (χ1v) is 4.95. The van der Waals surface area contributed by atoms with Gasteiger partial charge >= 0.3 is 0 Å². The lowest BCUT2D eigenvalue weighted by molar-refractivity contribution is 0.415. The Labute approximate surface area is 117 Å². The normalized spacial score (nSPS) is 10.6. The van der Waals surface area contributed by atoms with Gasteiger partial charge in [-0.2, -0.15) is 0 Å². The van der Waals surface area contributed by atoms with E-state index in [1.54, 1.807) is 19.2 Å². The molecule has 1 aromatic rings. The molecule has 4 nitrogen and oxygen atoms in total. The summed E-state index contributed by atoms with van der Waals surface area (Å²) in [5.41, 5.74) is 6.39. The van der Waals surface area contributed by atoms with E-state index in [9.17, 15) is 0 Å². The van der Waals surface area contributed by atoms with Crippen LogP contribution in [0.4, 0.5) is 5.69 Å². The van der Waals surface area contributed by atoms with Gasteiger partial charge in [0.1, 0.15) is 5.75 Å². The summed E-state index contributed by atoms with van der Waals surface area (Å²) < 4.78 is 5.03. The molecule has 0 unspecified atom stereocenters. The standard InChI is InChI=1S/C10H14ClN3O.HI/c1-3-13-10(12)14-7-4-5-9(15-2)8(11)6-7;/h4-6H,3H2,1-2H3,(H3,12,13,14);1H. The van der Waals surface area contributed by atoms with E-state index in [-0.39, 0.29) is 24.0 Å². The number of hydrogen-bond acceptors (Lipinski definition) is 2. The molecular formula is C10H15ClIN3O. The molecule has 6 heteroatoms. The van der Waals surface area contributed by atoms with Crippen molar-refractivity contribution in [3.8, 4) is 5.75 Å². The van der Waals surface area contributed by atoms with Crippen molar-refractivity contribution in [3.63, 3.8) is 0 Å². The summed E-state index contributed by atoms with van der Waals surface area (Å²) in [5.74, 6) is 1.01. The maximum atomic E-state index is 5.94. The number of rotatable bonds is 3. The highest BCUT2D eigenvalue weighted by Gasteiger charge is 2.01. The van der Waals surface area contributed by atoms with E-state index in [0.717, 1.165) is 5.69 Å². The first kappa shape index (κ1) is 15.3. The molecule has 0 aliphatic carbocycles. The number of hydrogen-bond donors (Lipinski definition) is 2. The summed E-state index contributed by atoms with van der Waals surface area (Å²) in [5, 5.41) is 3.46. The van der Waals surface area contributed by atoms with E-state index in [1.165, 1.54) is 0 Å². The summed E-state index contributed by atoms with van der Waals surface area (Å²) in [6.45, 7) is 2.55. The molecular weight excluding hydrogens is 340 g/mol. The Morgan fingerprint density at radius 1 is 1.56 bits per heavy atom. The van der Waals surface area contributed by atoms with Gasteiger partial charge in [-0.25, -0.2) is 0 Å². The summed E-state index contributed by atoms with van der Waals surface area (Å²) in [4.78, 5) is 4.00. The van der Waals surface area contributed by atoms with Gasteiger partial charge in [0, 0.05) is 12.2 Å². The Morgan fingerprint density at radius 2 is 2.25 bits per heavy atom. The second-order valence-corrected chi connectivity index (χ2v) is 3.24. The van der Waals surface area contributed by atoms with Crippen LogP contribution in [0, 0.1) is 0 Å². The van der Waals surface area contributed by atoms with Crippen molar-refractivity contribution >= 4 is 47.2 Å². The van der Waals surface area contributed by atoms with E-state index >= 15 is 0 Å². The average molecular weight is 356 g/mol. The molecule has 16 heavy (non-hydrogen) atoms. The molecule has 1 aromatic carbocycles. The first-order valence-electron chi connectivity index (χ1n) is 4.58. The summed E-state index contributed by atoms with van der Waals surface area (Å²) in [7, 11) is 1.57. The highest BCUT2D eigenvalue weighted by Crippen LogP contribution is 2.26. The van der Waals surface area contributed by atoms with Crippen molar-refractivity contribution in [3.05, 3.63) is 23.2 Å². The number of anilines is 1. The third-order valence-corrected chi connectivity index (χ3v) is 2.05. The molecule has 0 amide bonds. The van der Waals surface area contributed by atoms with Gasteiger partial charge in [-0.15, -0.1) is 24.0 Å². The number of nitrogens with one attached hydrogen (secondary N) is 1. The van der Waals surface area contributed by atoms with Crippen LogP contribution in [0.2, 0.25) is 5.02 Å². The second-order valence-electron chi connectivity index (χ2n) is 2.83. The van der Waals surface area contributed by atoms with Crippen molar-refractivity contribution in [2.24, 2.45) is 10.7 Å². The SMILES string of the molecule is CCN=C(N)Nc1ccc(OC)c(Cl)c1.I. The molecule has 0 saturated carbocycles. The minimum atomic E-state index is 0. The lowest BCUT2D eigenvalue weighted by atomic mass is 10.3. The molecule has 0 bridgehead atoms. The molecule has 1 rings (SSSR count). The van der Waals surface area contributed by atoms with Crippen molar-refractivity contribution in [1.29, 1.82) is 0 Å². The van der Waals surface area contributed by atoms with Crippen LogP contribution in [-0.4, -0.2) is 19.6 Å². The van der Waals surface area contributed by atoms with Crippen LogP contribution in [0.15, 0.2) is 23.2 Å². The highest BCUT2D eigenvalue weighted by molar-refractivity contribution is 14.0. The topological polar surface area (TPSA) is 59.6 Å². The smallest absolute Gasteiger partial charge is 0.193 e. The van der Waals surface area contributed by atoms with Crippen LogP contribution >= 0.6 is 35.6 Å². The molecule has 0 spiro atoms. The predicted molar refractivity (Wildman–Crippen MR) is 79.2 cm³/mol. The zero-order valence-electron chi connectivity index (χ0n) is 9.16. The number of methoxy groups -OCH3 is 1. The molecule has 0 aromatic heterocycles. The number of benzene rings is 1. The van der Waals surface area contributed by atoms with Gasteiger partial charge in [-0.1, -0.05) is 11.6 Å². The molecule has 0 fully saturated rings. The van der Waals surface area contributed by atoms with Crippen LogP contribution in [0.5, 0.6) is 5.75 Å².